The minimum absolute atomic E-state index is 0.350. The van der Waals surface area contributed by atoms with Crippen LogP contribution in [-0.2, 0) is 14.8 Å². The van der Waals surface area contributed by atoms with Crippen molar-refractivity contribution in [3.05, 3.63) is 41.1 Å². The second-order valence-electron chi connectivity index (χ2n) is 4.56. The molecular formula is C14H15NO3S2. The first-order valence-corrected chi connectivity index (χ1v) is 8.77. The van der Waals surface area contributed by atoms with Gasteiger partial charge in [-0.2, -0.15) is 15.6 Å². The zero-order chi connectivity index (χ0) is 14.0. The van der Waals surface area contributed by atoms with Crippen LogP contribution in [-0.4, -0.2) is 39.0 Å². The van der Waals surface area contributed by atoms with Gasteiger partial charge < -0.3 is 4.74 Å². The Kier molecular flexibility index (Phi) is 3.89. The van der Waals surface area contributed by atoms with Gasteiger partial charge in [-0.15, -0.1) is 0 Å². The van der Waals surface area contributed by atoms with Crippen molar-refractivity contribution < 1.29 is 13.2 Å². The van der Waals surface area contributed by atoms with E-state index in [0.29, 0.717) is 31.2 Å². The highest BCUT2D eigenvalue weighted by molar-refractivity contribution is 7.89. The van der Waals surface area contributed by atoms with Gasteiger partial charge in [-0.1, -0.05) is 12.1 Å². The van der Waals surface area contributed by atoms with Gasteiger partial charge in [0.2, 0.25) is 10.0 Å². The molecule has 0 atom stereocenters. The summed E-state index contributed by atoms with van der Waals surface area (Å²) >= 11 is 1.60. The Bertz CT molecular complexity index is 674. The number of sulfonamides is 1. The first kappa shape index (κ1) is 13.8. The molecule has 0 spiro atoms. The van der Waals surface area contributed by atoms with Crippen LogP contribution in [0.4, 0.5) is 0 Å². The summed E-state index contributed by atoms with van der Waals surface area (Å²) < 4.78 is 31.9. The van der Waals surface area contributed by atoms with Gasteiger partial charge in [0.25, 0.3) is 0 Å². The topological polar surface area (TPSA) is 46.6 Å². The largest absolute Gasteiger partial charge is 0.379 e. The lowest BCUT2D eigenvalue weighted by atomic mass is 10.1. The second kappa shape index (κ2) is 5.65. The molecule has 0 unspecified atom stereocenters. The Morgan fingerprint density at radius 1 is 1.10 bits per heavy atom. The van der Waals surface area contributed by atoms with Gasteiger partial charge in [-0.05, 0) is 40.1 Å². The van der Waals surface area contributed by atoms with E-state index in [1.165, 1.54) is 4.31 Å². The van der Waals surface area contributed by atoms with Crippen LogP contribution in [0.1, 0.15) is 0 Å². The van der Waals surface area contributed by atoms with E-state index in [1.807, 2.05) is 22.9 Å². The fourth-order valence-corrected chi connectivity index (χ4v) is 4.32. The van der Waals surface area contributed by atoms with E-state index in [1.54, 1.807) is 29.5 Å². The number of thiophene rings is 1. The fraction of sp³-hybridized carbons (Fsp3) is 0.286. The molecule has 6 heteroatoms. The molecule has 0 N–H and O–H groups in total. The van der Waals surface area contributed by atoms with Crippen molar-refractivity contribution in [2.45, 2.75) is 4.90 Å². The average Bonchev–Trinajstić information content (AvgIpc) is 3.03. The molecule has 0 saturated carbocycles. The van der Waals surface area contributed by atoms with Crippen molar-refractivity contribution >= 4 is 21.4 Å². The second-order valence-corrected chi connectivity index (χ2v) is 7.27. The van der Waals surface area contributed by atoms with E-state index >= 15 is 0 Å². The van der Waals surface area contributed by atoms with E-state index in [0.717, 1.165) is 11.1 Å². The molecule has 3 rings (SSSR count). The normalized spacial score (nSPS) is 17.2. The summed E-state index contributed by atoms with van der Waals surface area (Å²) in [7, 11) is -3.42. The van der Waals surface area contributed by atoms with Crippen LogP contribution in [0.3, 0.4) is 0 Å². The Balaban J connectivity index is 1.95. The van der Waals surface area contributed by atoms with Gasteiger partial charge in [0.15, 0.2) is 0 Å². The standard InChI is InChI=1S/C14H15NO3S2/c16-20(17,15-5-7-18-8-6-15)14-3-1-2-12(10-14)13-4-9-19-11-13/h1-4,9-11H,5-8H2. The maximum absolute atomic E-state index is 12.6. The molecule has 2 aromatic rings. The molecule has 20 heavy (non-hydrogen) atoms. The summed E-state index contributed by atoms with van der Waals surface area (Å²) in [6.07, 6.45) is 0. The first-order chi connectivity index (χ1) is 9.68. The molecule has 0 radical (unpaired) electrons. The predicted octanol–water partition coefficient (Wildman–Crippen LogP) is 2.44. The fourth-order valence-electron chi connectivity index (χ4n) is 2.20. The van der Waals surface area contributed by atoms with Gasteiger partial charge >= 0.3 is 0 Å². The van der Waals surface area contributed by atoms with Crippen molar-refractivity contribution in [2.24, 2.45) is 0 Å². The summed E-state index contributed by atoms with van der Waals surface area (Å²) in [5.41, 5.74) is 1.98. The van der Waals surface area contributed by atoms with Crippen molar-refractivity contribution in [3.8, 4) is 11.1 Å². The maximum atomic E-state index is 12.6. The van der Waals surface area contributed by atoms with E-state index < -0.39 is 10.0 Å². The molecule has 1 fully saturated rings. The minimum Gasteiger partial charge on any atom is -0.379 e. The van der Waals surface area contributed by atoms with Crippen molar-refractivity contribution in [3.63, 3.8) is 0 Å². The van der Waals surface area contributed by atoms with Crippen LogP contribution < -0.4 is 0 Å². The summed E-state index contributed by atoms with van der Waals surface area (Å²) in [6.45, 7) is 1.77. The number of morpholine rings is 1. The lowest BCUT2D eigenvalue weighted by Crippen LogP contribution is -2.40. The SMILES string of the molecule is O=S(=O)(c1cccc(-c2ccsc2)c1)N1CCOCC1. The number of nitrogens with zero attached hydrogens (tertiary/aromatic N) is 1. The van der Waals surface area contributed by atoms with E-state index in [2.05, 4.69) is 0 Å². The minimum atomic E-state index is -3.42. The molecule has 4 nitrogen and oxygen atoms in total. The molecule has 106 valence electrons. The van der Waals surface area contributed by atoms with Crippen LogP contribution in [0.15, 0.2) is 46.0 Å². The predicted molar refractivity (Wildman–Crippen MR) is 79.3 cm³/mol. The Labute approximate surface area is 122 Å². The molecular weight excluding hydrogens is 294 g/mol. The lowest BCUT2D eigenvalue weighted by Gasteiger charge is -2.26. The number of benzene rings is 1. The molecule has 1 aliphatic rings. The summed E-state index contributed by atoms with van der Waals surface area (Å²) in [5.74, 6) is 0. The molecule has 1 saturated heterocycles. The van der Waals surface area contributed by atoms with Crippen molar-refractivity contribution in [1.29, 1.82) is 0 Å². The molecule has 1 aromatic carbocycles. The van der Waals surface area contributed by atoms with Crippen molar-refractivity contribution in [1.82, 2.24) is 4.31 Å². The van der Waals surface area contributed by atoms with Gasteiger partial charge in [-0.3, -0.25) is 0 Å². The highest BCUT2D eigenvalue weighted by atomic mass is 32.2. The smallest absolute Gasteiger partial charge is 0.243 e. The molecule has 2 heterocycles. The third kappa shape index (κ3) is 2.64. The zero-order valence-corrected chi connectivity index (χ0v) is 12.5. The quantitative estimate of drug-likeness (QED) is 0.875. The molecule has 0 aliphatic carbocycles. The van der Waals surface area contributed by atoms with Crippen LogP contribution in [0.5, 0.6) is 0 Å². The molecule has 1 aliphatic heterocycles. The number of rotatable bonds is 3. The molecule has 1 aromatic heterocycles. The van der Waals surface area contributed by atoms with Crippen molar-refractivity contribution in [2.75, 3.05) is 26.3 Å². The Hall–Kier alpha value is -1.21. The lowest BCUT2D eigenvalue weighted by molar-refractivity contribution is 0.0730. The van der Waals surface area contributed by atoms with E-state index in [-0.39, 0.29) is 0 Å². The first-order valence-electron chi connectivity index (χ1n) is 6.38. The van der Waals surface area contributed by atoms with Gasteiger partial charge in [0, 0.05) is 13.1 Å². The van der Waals surface area contributed by atoms with E-state index in [4.69, 9.17) is 4.74 Å². The van der Waals surface area contributed by atoms with Crippen LogP contribution in [0, 0.1) is 0 Å². The monoisotopic (exact) mass is 309 g/mol. The average molecular weight is 309 g/mol. The summed E-state index contributed by atoms with van der Waals surface area (Å²) in [4.78, 5) is 0.350. The summed E-state index contributed by atoms with van der Waals surface area (Å²) in [6, 6.07) is 9.11. The highest BCUT2D eigenvalue weighted by Crippen LogP contribution is 2.26. The van der Waals surface area contributed by atoms with E-state index in [9.17, 15) is 8.42 Å². The number of hydrogen-bond acceptors (Lipinski definition) is 4. The number of hydrogen-bond donors (Lipinski definition) is 0. The third-order valence-corrected chi connectivity index (χ3v) is 5.87. The molecule has 0 bridgehead atoms. The van der Waals surface area contributed by atoms with Gasteiger partial charge in [0.05, 0.1) is 18.1 Å². The van der Waals surface area contributed by atoms with Crippen LogP contribution >= 0.6 is 11.3 Å². The Morgan fingerprint density at radius 3 is 2.60 bits per heavy atom. The van der Waals surface area contributed by atoms with Crippen LogP contribution in [0.25, 0.3) is 11.1 Å². The highest BCUT2D eigenvalue weighted by Gasteiger charge is 2.26. The number of ether oxygens (including phenoxy) is 1. The van der Waals surface area contributed by atoms with Gasteiger partial charge in [0.1, 0.15) is 0 Å². The maximum Gasteiger partial charge on any atom is 0.243 e. The summed E-state index contributed by atoms with van der Waals surface area (Å²) in [5, 5.41) is 4.00. The van der Waals surface area contributed by atoms with Gasteiger partial charge in [-0.25, -0.2) is 8.42 Å². The Morgan fingerprint density at radius 2 is 1.90 bits per heavy atom. The van der Waals surface area contributed by atoms with Crippen LogP contribution in [0.2, 0.25) is 0 Å². The molecule has 0 amide bonds. The third-order valence-electron chi connectivity index (χ3n) is 3.30. The zero-order valence-electron chi connectivity index (χ0n) is 10.9.